The number of esters is 2. The van der Waals surface area contributed by atoms with Gasteiger partial charge in [-0.1, -0.05) is 143 Å². The normalized spacial score (nSPS) is 13.6. The smallest absolute Gasteiger partial charge is 0.462 e. The molecule has 0 aliphatic heterocycles. The van der Waals surface area contributed by atoms with Gasteiger partial charge < -0.3 is 19.3 Å². The lowest BCUT2D eigenvalue weighted by atomic mass is 10.1. The molecule has 0 radical (unpaired) electrons. The van der Waals surface area contributed by atoms with E-state index in [4.69, 9.17) is 19.3 Å². The Morgan fingerprint density at radius 3 is 1.68 bits per heavy atom. The van der Waals surface area contributed by atoms with Gasteiger partial charge in [0.15, 0.2) is 6.10 Å². The molecule has 0 rings (SSSR count). The van der Waals surface area contributed by atoms with Crippen LogP contribution < -0.4 is 0 Å². The second kappa shape index (κ2) is 35.8. The molecule has 282 valence electrons. The van der Waals surface area contributed by atoms with Gasteiger partial charge in [-0.3, -0.25) is 14.1 Å². The minimum atomic E-state index is -4.78. The predicted octanol–water partition coefficient (Wildman–Crippen LogP) is 11.1. The van der Waals surface area contributed by atoms with Crippen LogP contribution in [-0.4, -0.2) is 41.0 Å². The highest BCUT2D eigenvalue weighted by Crippen LogP contribution is 2.35. The van der Waals surface area contributed by atoms with Gasteiger partial charge in [-0.2, -0.15) is 0 Å². The van der Waals surface area contributed by atoms with Crippen molar-refractivity contribution in [1.29, 1.82) is 0 Å². The van der Waals surface area contributed by atoms with Crippen LogP contribution in [0.2, 0.25) is 0 Å². The summed E-state index contributed by atoms with van der Waals surface area (Å²) in [6.45, 7) is 3.42. The number of unbranched alkanes of at least 4 members (excludes halogenated alkanes) is 9. The molecule has 2 N–H and O–H groups in total. The van der Waals surface area contributed by atoms with Gasteiger partial charge in [-0.15, -0.1) is 0 Å². The van der Waals surface area contributed by atoms with E-state index in [1.165, 1.54) is 19.3 Å². The van der Waals surface area contributed by atoms with E-state index in [1.54, 1.807) is 0 Å². The van der Waals surface area contributed by atoms with Crippen molar-refractivity contribution in [2.24, 2.45) is 0 Å². The molecule has 0 amide bonds. The van der Waals surface area contributed by atoms with Crippen LogP contribution in [0.4, 0.5) is 0 Å². The van der Waals surface area contributed by atoms with Crippen molar-refractivity contribution < 1.29 is 37.9 Å². The monoisotopic (exact) mass is 716 g/mol. The van der Waals surface area contributed by atoms with Gasteiger partial charge in [0.25, 0.3) is 0 Å². The third-order valence-corrected chi connectivity index (χ3v) is 7.67. The lowest BCUT2D eigenvalue weighted by Gasteiger charge is -2.18. The van der Waals surface area contributed by atoms with Gasteiger partial charge in [-0.25, -0.2) is 4.57 Å². The first-order chi connectivity index (χ1) is 24.3. The zero-order valence-electron chi connectivity index (χ0n) is 30.7. The number of ether oxygens (including phenoxy) is 2. The number of allylic oxidation sites excluding steroid dienone is 16. The fourth-order valence-electron chi connectivity index (χ4n) is 4.43. The molecule has 0 fully saturated rings. The third-order valence-electron chi connectivity index (χ3n) is 7.18. The number of phosphoric ester groups is 1. The van der Waals surface area contributed by atoms with Crippen LogP contribution >= 0.6 is 7.82 Å². The molecule has 50 heavy (non-hydrogen) atoms. The summed E-state index contributed by atoms with van der Waals surface area (Å²) in [4.78, 5) is 42.7. The Kier molecular flexibility index (Phi) is 33.6. The maximum Gasteiger partial charge on any atom is 0.469 e. The molecule has 0 bridgehead atoms. The minimum absolute atomic E-state index is 0.124. The first-order valence-electron chi connectivity index (χ1n) is 18.6. The number of rotatable bonds is 32. The van der Waals surface area contributed by atoms with E-state index in [9.17, 15) is 14.2 Å². The Morgan fingerprint density at radius 1 is 0.560 bits per heavy atom. The van der Waals surface area contributed by atoms with Gasteiger partial charge in [0.2, 0.25) is 0 Å². The first kappa shape index (κ1) is 47.0. The Bertz CT molecular complexity index is 1120. The first-order valence-corrected chi connectivity index (χ1v) is 20.1. The van der Waals surface area contributed by atoms with Gasteiger partial charge in [0, 0.05) is 12.8 Å². The summed E-state index contributed by atoms with van der Waals surface area (Å²) in [5.74, 6) is -0.990. The fourth-order valence-corrected chi connectivity index (χ4v) is 4.79. The topological polar surface area (TPSA) is 119 Å². The van der Waals surface area contributed by atoms with Crippen LogP contribution in [0.1, 0.15) is 129 Å². The van der Waals surface area contributed by atoms with E-state index in [2.05, 4.69) is 67.0 Å². The molecule has 0 heterocycles. The van der Waals surface area contributed by atoms with Gasteiger partial charge in [-0.05, 0) is 70.6 Å². The van der Waals surface area contributed by atoms with Gasteiger partial charge in [0.05, 0.1) is 6.61 Å². The maximum atomic E-state index is 12.3. The molecule has 0 aromatic heterocycles. The molecule has 0 aliphatic carbocycles. The third kappa shape index (κ3) is 37.8. The highest BCUT2D eigenvalue weighted by molar-refractivity contribution is 7.46. The minimum Gasteiger partial charge on any atom is -0.462 e. The standard InChI is InChI=1S/C41H65O8P/c1-3-5-7-9-11-13-15-17-19-20-22-24-26-28-30-32-34-36-41(43)49-39(38-48-50(44,45)46)37-47-40(42)35-33-31-29-27-25-23-21-18-16-14-12-10-8-6-4-2/h6,8,10-14,16-19,21-22,24,28,30,39H,3-5,7,9,15,20,23,25-27,29,31-38H2,1-2H3,(H2,44,45,46)/b8-6+,12-10+,13-11+,16-14+,19-17+,21-18+,24-22+,30-28+/t39-/m1/s1. The van der Waals surface area contributed by atoms with Crippen LogP contribution in [0, 0.1) is 0 Å². The molecule has 0 spiro atoms. The molecule has 0 saturated carbocycles. The highest BCUT2D eigenvalue weighted by atomic mass is 31.2. The molecule has 0 aromatic carbocycles. The van der Waals surface area contributed by atoms with Gasteiger partial charge >= 0.3 is 19.8 Å². The quantitative estimate of drug-likeness (QED) is 0.0232. The summed E-state index contributed by atoms with van der Waals surface area (Å²) in [6, 6.07) is 0. The van der Waals surface area contributed by atoms with Crippen molar-refractivity contribution in [3.63, 3.8) is 0 Å². The number of phosphoric acid groups is 1. The molecule has 0 aromatic rings. The van der Waals surface area contributed by atoms with E-state index in [1.807, 2.05) is 48.6 Å². The van der Waals surface area contributed by atoms with Crippen LogP contribution in [0.3, 0.4) is 0 Å². The van der Waals surface area contributed by atoms with Crippen LogP contribution in [0.15, 0.2) is 97.2 Å². The second-order valence-corrected chi connectivity index (χ2v) is 13.1. The van der Waals surface area contributed by atoms with E-state index in [0.29, 0.717) is 19.3 Å². The Labute approximate surface area is 303 Å². The summed E-state index contributed by atoms with van der Waals surface area (Å²) in [5, 5.41) is 0. The summed E-state index contributed by atoms with van der Waals surface area (Å²) >= 11 is 0. The largest absolute Gasteiger partial charge is 0.469 e. The van der Waals surface area contributed by atoms with Crippen molar-refractivity contribution in [3.05, 3.63) is 97.2 Å². The van der Waals surface area contributed by atoms with E-state index in [0.717, 1.165) is 64.2 Å². The lowest BCUT2D eigenvalue weighted by Crippen LogP contribution is -2.29. The average Bonchev–Trinajstić information content (AvgIpc) is 3.08. The van der Waals surface area contributed by atoms with Crippen LogP contribution in [-0.2, 0) is 28.2 Å². The summed E-state index contributed by atoms with van der Waals surface area (Å²) < 4.78 is 26.2. The molecular weight excluding hydrogens is 651 g/mol. The van der Waals surface area contributed by atoms with Crippen molar-refractivity contribution >= 4 is 19.8 Å². The van der Waals surface area contributed by atoms with Gasteiger partial charge in [0.1, 0.15) is 6.61 Å². The zero-order valence-corrected chi connectivity index (χ0v) is 31.6. The molecule has 1 atom stereocenters. The molecule has 0 aliphatic rings. The lowest BCUT2D eigenvalue weighted by molar-refractivity contribution is -0.161. The average molecular weight is 717 g/mol. The Morgan fingerprint density at radius 2 is 1.06 bits per heavy atom. The molecule has 0 unspecified atom stereocenters. The Balaban J connectivity index is 4.15. The molecular formula is C41H65O8P. The highest BCUT2D eigenvalue weighted by Gasteiger charge is 2.22. The summed E-state index contributed by atoms with van der Waals surface area (Å²) in [5.41, 5.74) is 0. The van der Waals surface area contributed by atoms with Crippen LogP contribution in [0.5, 0.6) is 0 Å². The summed E-state index contributed by atoms with van der Waals surface area (Å²) in [7, 11) is -4.78. The number of hydrogen-bond acceptors (Lipinski definition) is 6. The van der Waals surface area contributed by atoms with Crippen molar-refractivity contribution in [2.75, 3.05) is 13.2 Å². The van der Waals surface area contributed by atoms with Crippen molar-refractivity contribution in [1.82, 2.24) is 0 Å². The number of hydrogen-bond donors (Lipinski definition) is 2. The number of carbonyl (C=O) groups is 2. The maximum absolute atomic E-state index is 12.3. The molecule has 8 nitrogen and oxygen atoms in total. The predicted molar refractivity (Wildman–Crippen MR) is 206 cm³/mol. The van der Waals surface area contributed by atoms with Crippen molar-refractivity contribution in [3.8, 4) is 0 Å². The van der Waals surface area contributed by atoms with E-state index >= 15 is 0 Å². The second-order valence-electron chi connectivity index (χ2n) is 11.9. The van der Waals surface area contributed by atoms with Crippen LogP contribution in [0.25, 0.3) is 0 Å². The van der Waals surface area contributed by atoms with E-state index < -0.39 is 32.5 Å². The summed E-state index contributed by atoms with van der Waals surface area (Å²) in [6.07, 6.45) is 48.4. The number of carbonyl (C=O) groups excluding carboxylic acids is 2. The SMILES string of the molecule is CC/C=C/C=C/C=C/C=C/CCCCCCCC(=O)OC[C@H](COP(=O)(O)O)OC(=O)CCC/C=C/C/C=C/C/C=C/C/C=C/CCCCC. The van der Waals surface area contributed by atoms with Crippen molar-refractivity contribution in [2.45, 2.75) is 136 Å². The molecule has 0 saturated heterocycles. The van der Waals surface area contributed by atoms with E-state index in [-0.39, 0.29) is 19.4 Å². The fraction of sp³-hybridized carbons (Fsp3) is 0.561. The Hall–Kier alpha value is -3.03. The molecule has 9 heteroatoms. The zero-order chi connectivity index (χ0) is 36.8.